The van der Waals surface area contributed by atoms with Gasteiger partial charge in [0.2, 0.25) is 0 Å². The van der Waals surface area contributed by atoms with Crippen LogP contribution in [-0.4, -0.2) is 33.8 Å². The molecule has 1 aliphatic carbocycles. The maximum atomic E-state index is 12.2. The van der Waals surface area contributed by atoms with E-state index in [0.717, 1.165) is 62.5 Å². The Labute approximate surface area is 159 Å². The maximum Gasteiger partial charge on any atom is 0.308 e. The van der Waals surface area contributed by atoms with Crippen LogP contribution < -0.4 is 0 Å². The highest BCUT2D eigenvalue weighted by molar-refractivity contribution is 6.41. The number of rotatable bonds is 11. The Morgan fingerprint density at radius 1 is 1.12 bits per heavy atom. The Morgan fingerprint density at radius 3 is 2.27 bits per heavy atom. The molecule has 142 valence electrons. The fourth-order valence-corrected chi connectivity index (χ4v) is 3.32. The van der Waals surface area contributed by atoms with Crippen LogP contribution in [0.25, 0.3) is 0 Å². The minimum atomic E-state index is -0.149. The van der Waals surface area contributed by atoms with Crippen molar-refractivity contribution in [3.63, 3.8) is 0 Å². The zero-order valence-electron chi connectivity index (χ0n) is 16.7. The third-order valence-corrected chi connectivity index (χ3v) is 5.04. The van der Waals surface area contributed by atoms with Crippen molar-refractivity contribution < 1.29 is 19.1 Å². The van der Waals surface area contributed by atoms with Crippen LogP contribution >= 0.6 is 0 Å². The molecule has 0 spiro atoms. The Morgan fingerprint density at radius 2 is 1.69 bits per heavy atom. The van der Waals surface area contributed by atoms with Gasteiger partial charge in [0.15, 0.2) is 5.78 Å². The summed E-state index contributed by atoms with van der Waals surface area (Å²) in [4.78, 5) is 23.5. The molecule has 2 radical (unpaired) electrons. The van der Waals surface area contributed by atoms with Gasteiger partial charge in [0.25, 0.3) is 0 Å². The first kappa shape index (κ1) is 22.3. The van der Waals surface area contributed by atoms with Gasteiger partial charge in [0.05, 0.1) is 20.1 Å². The van der Waals surface area contributed by atoms with Gasteiger partial charge in [-0.05, 0) is 42.8 Å². The van der Waals surface area contributed by atoms with Crippen LogP contribution in [0.1, 0.15) is 65.2 Å². The van der Waals surface area contributed by atoms with E-state index in [4.69, 9.17) is 17.3 Å². The van der Waals surface area contributed by atoms with Crippen molar-refractivity contribution in [1.29, 1.82) is 0 Å². The highest BCUT2D eigenvalue weighted by atomic mass is 16.5. The summed E-state index contributed by atoms with van der Waals surface area (Å²) in [5.74, 6) is 0.126. The average Bonchev–Trinajstić information content (AvgIpc) is 2.64. The quantitative estimate of drug-likeness (QED) is 0.312. The van der Waals surface area contributed by atoms with Crippen LogP contribution in [-0.2, 0) is 19.1 Å². The second kappa shape index (κ2) is 11.0. The second-order valence-corrected chi connectivity index (χ2v) is 6.94. The van der Waals surface area contributed by atoms with Crippen LogP contribution in [0.4, 0.5) is 0 Å². The molecule has 4 nitrogen and oxygen atoms in total. The number of Topliss-reactive ketones (excluding diaryl/α,β-unsaturated/α-hetero) is 1. The summed E-state index contributed by atoms with van der Waals surface area (Å²) in [5, 5.41) is 0. The van der Waals surface area contributed by atoms with Gasteiger partial charge in [-0.25, -0.2) is 0 Å². The first-order chi connectivity index (χ1) is 12.3. The highest BCUT2D eigenvalue weighted by Crippen LogP contribution is 2.33. The average molecular weight is 358 g/mol. The van der Waals surface area contributed by atoms with Crippen molar-refractivity contribution in [1.82, 2.24) is 0 Å². The van der Waals surface area contributed by atoms with E-state index in [1.807, 2.05) is 13.8 Å². The Bertz CT molecular complexity index is 601. The Kier molecular flexibility index (Phi) is 9.46. The lowest BCUT2D eigenvalue weighted by Crippen LogP contribution is -2.18. The van der Waals surface area contributed by atoms with Crippen LogP contribution in [0.3, 0.4) is 0 Å². The van der Waals surface area contributed by atoms with Crippen molar-refractivity contribution >= 4 is 19.6 Å². The zero-order valence-corrected chi connectivity index (χ0v) is 16.7. The molecule has 26 heavy (non-hydrogen) atoms. The van der Waals surface area contributed by atoms with Crippen LogP contribution in [0.2, 0.25) is 0 Å². The predicted molar refractivity (Wildman–Crippen MR) is 105 cm³/mol. The van der Waals surface area contributed by atoms with Gasteiger partial charge >= 0.3 is 5.97 Å². The Hall–Kier alpha value is -1.78. The Balaban J connectivity index is 2.29. The van der Waals surface area contributed by atoms with E-state index in [1.165, 1.54) is 14.2 Å². The lowest BCUT2D eigenvalue weighted by molar-refractivity contribution is -0.145. The smallest absolute Gasteiger partial charge is 0.308 e. The van der Waals surface area contributed by atoms with Gasteiger partial charge in [-0.3, -0.25) is 9.59 Å². The summed E-state index contributed by atoms with van der Waals surface area (Å²) in [7, 11) is 8.78. The number of unbranched alkanes of at least 4 members (excludes halogenated alkanes) is 5. The highest BCUT2D eigenvalue weighted by Gasteiger charge is 2.25. The summed E-state index contributed by atoms with van der Waals surface area (Å²) in [6, 6.07) is 0. The van der Waals surface area contributed by atoms with Crippen molar-refractivity contribution in [2.75, 3.05) is 14.2 Å². The van der Waals surface area contributed by atoms with Gasteiger partial charge in [-0.1, -0.05) is 45.6 Å². The fourth-order valence-electron chi connectivity index (χ4n) is 3.32. The molecule has 1 aliphatic rings. The standard InChI is InChI=1S/C21H31BO4/c1-14(21(24)26-5)12-10-8-6-7-9-11-13-17-15(2)19(23)18(22)20(25-4)16(17)3/h14H,3,6-13H2,1-2,4-5H3. The van der Waals surface area contributed by atoms with Gasteiger partial charge < -0.3 is 9.47 Å². The zero-order chi connectivity index (χ0) is 19.7. The number of ketones is 1. The van der Waals surface area contributed by atoms with Gasteiger partial charge in [0.1, 0.15) is 13.6 Å². The monoisotopic (exact) mass is 358 g/mol. The minimum absolute atomic E-state index is 0.0137. The summed E-state index contributed by atoms with van der Waals surface area (Å²) in [6.07, 6.45) is 8.29. The van der Waals surface area contributed by atoms with E-state index < -0.39 is 0 Å². The lowest BCUT2D eigenvalue weighted by atomic mass is 9.77. The minimum Gasteiger partial charge on any atom is -0.497 e. The molecule has 0 N–H and O–H groups in total. The van der Waals surface area contributed by atoms with Gasteiger partial charge in [-0.15, -0.1) is 0 Å². The third kappa shape index (κ3) is 5.89. The van der Waals surface area contributed by atoms with E-state index in [9.17, 15) is 9.59 Å². The largest absolute Gasteiger partial charge is 0.497 e. The molecule has 0 bridgehead atoms. The van der Waals surface area contributed by atoms with Crippen LogP contribution in [0.15, 0.2) is 34.5 Å². The number of esters is 1. The molecule has 5 heteroatoms. The van der Waals surface area contributed by atoms with E-state index in [1.54, 1.807) is 0 Å². The molecule has 1 unspecified atom stereocenters. The molecule has 0 aromatic heterocycles. The molecule has 1 rings (SSSR count). The van der Waals surface area contributed by atoms with Gasteiger partial charge in [0, 0.05) is 5.57 Å². The van der Waals surface area contributed by atoms with E-state index >= 15 is 0 Å². The second-order valence-electron chi connectivity index (χ2n) is 6.94. The topological polar surface area (TPSA) is 52.6 Å². The van der Waals surface area contributed by atoms with Crippen LogP contribution in [0, 0.1) is 5.92 Å². The molecule has 0 fully saturated rings. The molecule has 1 atom stereocenters. The predicted octanol–water partition coefficient (Wildman–Crippen LogP) is 4.40. The number of carbonyl (C=O) groups is 2. The van der Waals surface area contributed by atoms with Crippen molar-refractivity contribution in [3.05, 3.63) is 34.5 Å². The summed E-state index contributed by atoms with van der Waals surface area (Å²) in [5.41, 5.74) is 2.54. The molecule has 0 saturated heterocycles. The number of methoxy groups -OCH3 is 2. The summed E-state index contributed by atoms with van der Waals surface area (Å²) < 4.78 is 9.98. The number of allylic oxidation sites excluding steroid dienone is 3. The van der Waals surface area contributed by atoms with Crippen molar-refractivity contribution in [2.24, 2.45) is 5.92 Å². The van der Waals surface area contributed by atoms with E-state index in [2.05, 4.69) is 6.58 Å². The number of carbonyl (C=O) groups excluding carboxylic acids is 2. The van der Waals surface area contributed by atoms with Crippen molar-refractivity contribution in [3.8, 4) is 0 Å². The number of ether oxygens (including phenoxy) is 2. The molecular weight excluding hydrogens is 327 g/mol. The normalized spacial score (nSPS) is 16.2. The lowest BCUT2D eigenvalue weighted by Gasteiger charge is -2.23. The number of hydrogen-bond donors (Lipinski definition) is 0. The summed E-state index contributed by atoms with van der Waals surface area (Å²) in [6.45, 7) is 7.77. The van der Waals surface area contributed by atoms with Gasteiger partial charge in [-0.2, -0.15) is 0 Å². The molecule has 0 saturated carbocycles. The molecule has 0 amide bonds. The first-order valence-corrected chi connectivity index (χ1v) is 9.40. The maximum absolute atomic E-state index is 12.2. The van der Waals surface area contributed by atoms with E-state index in [-0.39, 0.29) is 23.1 Å². The molecule has 0 aromatic rings. The molecule has 0 aliphatic heterocycles. The van der Waals surface area contributed by atoms with E-state index in [0.29, 0.717) is 11.3 Å². The summed E-state index contributed by atoms with van der Waals surface area (Å²) >= 11 is 0. The molecule has 0 aromatic carbocycles. The number of hydrogen-bond acceptors (Lipinski definition) is 4. The first-order valence-electron chi connectivity index (χ1n) is 9.40. The third-order valence-electron chi connectivity index (χ3n) is 5.04. The fraction of sp³-hybridized carbons (Fsp3) is 0.619. The van der Waals surface area contributed by atoms with Crippen LogP contribution in [0.5, 0.6) is 0 Å². The molecule has 0 heterocycles. The molecular formula is C21H31BO4. The SMILES string of the molecule is [B]C1=C(OC)C(=C)C(CCCCCCCCC(C)C(=O)OC)=C(C)C1=O. The van der Waals surface area contributed by atoms with Crippen molar-refractivity contribution in [2.45, 2.75) is 65.2 Å².